The maximum Gasteiger partial charge on any atom is 0.269 e. The van der Waals surface area contributed by atoms with Crippen molar-refractivity contribution in [3.63, 3.8) is 0 Å². The van der Waals surface area contributed by atoms with Crippen LogP contribution in [0.3, 0.4) is 0 Å². The smallest absolute Gasteiger partial charge is 0.269 e. The second kappa shape index (κ2) is 7.89. The van der Waals surface area contributed by atoms with Gasteiger partial charge in [-0.3, -0.25) is 15.0 Å². The van der Waals surface area contributed by atoms with Gasteiger partial charge in [0, 0.05) is 25.2 Å². The van der Waals surface area contributed by atoms with Gasteiger partial charge in [0.2, 0.25) is 0 Å². The largest absolute Gasteiger partial charge is 0.299 e. The van der Waals surface area contributed by atoms with Crippen LogP contribution in [0.25, 0.3) is 0 Å². The van der Waals surface area contributed by atoms with Crippen LogP contribution >= 0.6 is 0 Å². The number of hydrogen-bond acceptors (Lipinski definition) is 3. The van der Waals surface area contributed by atoms with Crippen LogP contribution in [0.4, 0.5) is 5.69 Å². The third kappa shape index (κ3) is 4.99. The number of nitrogens with zero attached hydrogens (tertiary/aromatic N) is 2. The Bertz CT molecular complexity index is 390. The van der Waals surface area contributed by atoms with Crippen molar-refractivity contribution in [2.24, 2.45) is 5.92 Å². The molecule has 0 bridgehead atoms. The lowest BCUT2D eigenvalue weighted by Gasteiger charge is -2.30. The fourth-order valence-corrected chi connectivity index (χ4v) is 2.41. The van der Waals surface area contributed by atoms with Crippen LogP contribution in [-0.4, -0.2) is 22.9 Å². The zero-order chi connectivity index (χ0) is 14.3. The van der Waals surface area contributed by atoms with Crippen molar-refractivity contribution in [3.05, 3.63) is 39.9 Å². The molecule has 0 aromatic heterocycles. The molecule has 1 saturated heterocycles. The Balaban J connectivity index is 0.000000861. The van der Waals surface area contributed by atoms with Crippen molar-refractivity contribution in [2.75, 3.05) is 13.1 Å². The van der Waals surface area contributed by atoms with E-state index in [1.165, 1.54) is 12.8 Å². The number of hydrogen-bond donors (Lipinski definition) is 0. The molecule has 106 valence electrons. The zero-order valence-electron chi connectivity index (χ0n) is 12.1. The van der Waals surface area contributed by atoms with Gasteiger partial charge >= 0.3 is 0 Å². The predicted octanol–water partition coefficient (Wildman–Crippen LogP) is 3.85. The third-order valence-corrected chi connectivity index (χ3v) is 3.29. The predicted molar refractivity (Wildman–Crippen MR) is 78.1 cm³/mol. The Hall–Kier alpha value is -1.42. The SMILES string of the molecule is CC.C[C@H]1CCCN(Cc2ccc([N+](=O)[O-])cc2)C1. The molecule has 0 unspecified atom stereocenters. The van der Waals surface area contributed by atoms with Gasteiger partial charge in [0.05, 0.1) is 4.92 Å². The number of nitro groups is 1. The summed E-state index contributed by atoms with van der Waals surface area (Å²) in [5, 5.41) is 10.5. The highest BCUT2D eigenvalue weighted by Gasteiger charge is 2.16. The van der Waals surface area contributed by atoms with Crippen LogP contribution in [0.1, 0.15) is 39.2 Å². The molecule has 0 saturated carbocycles. The number of rotatable bonds is 3. The minimum absolute atomic E-state index is 0.167. The monoisotopic (exact) mass is 264 g/mol. The lowest BCUT2D eigenvalue weighted by molar-refractivity contribution is -0.384. The van der Waals surface area contributed by atoms with Gasteiger partial charge in [-0.1, -0.05) is 32.9 Å². The summed E-state index contributed by atoms with van der Waals surface area (Å²) in [5.74, 6) is 0.766. The van der Waals surface area contributed by atoms with Crippen molar-refractivity contribution in [3.8, 4) is 0 Å². The van der Waals surface area contributed by atoms with Crippen LogP contribution in [0.15, 0.2) is 24.3 Å². The molecule has 19 heavy (non-hydrogen) atoms. The summed E-state index contributed by atoms with van der Waals surface area (Å²) in [7, 11) is 0. The summed E-state index contributed by atoms with van der Waals surface area (Å²) < 4.78 is 0. The second-order valence-electron chi connectivity index (χ2n) is 4.91. The van der Waals surface area contributed by atoms with Crippen molar-refractivity contribution in [1.82, 2.24) is 4.90 Å². The molecular weight excluding hydrogens is 240 g/mol. The molecule has 1 atom stereocenters. The van der Waals surface area contributed by atoms with E-state index >= 15 is 0 Å². The van der Waals surface area contributed by atoms with Crippen LogP contribution in [0, 0.1) is 16.0 Å². The lowest BCUT2D eigenvalue weighted by Crippen LogP contribution is -2.33. The normalized spacial score (nSPS) is 19.4. The quantitative estimate of drug-likeness (QED) is 0.615. The second-order valence-corrected chi connectivity index (χ2v) is 4.91. The van der Waals surface area contributed by atoms with E-state index in [0.717, 1.165) is 31.1 Å². The first-order valence-electron chi connectivity index (χ1n) is 7.11. The topological polar surface area (TPSA) is 46.4 Å². The van der Waals surface area contributed by atoms with Crippen LogP contribution in [0.5, 0.6) is 0 Å². The van der Waals surface area contributed by atoms with Crippen molar-refractivity contribution in [2.45, 2.75) is 40.2 Å². The number of likely N-dealkylation sites (tertiary alicyclic amines) is 1. The van der Waals surface area contributed by atoms with Crippen molar-refractivity contribution in [1.29, 1.82) is 0 Å². The van der Waals surface area contributed by atoms with Crippen LogP contribution in [-0.2, 0) is 6.54 Å². The number of nitro benzene ring substituents is 1. The molecule has 0 aliphatic carbocycles. The van der Waals surface area contributed by atoms with Crippen molar-refractivity contribution < 1.29 is 4.92 Å². The first-order valence-corrected chi connectivity index (χ1v) is 7.11. The first-order chi connectivity index (χ1) is 9.15. The molecule has 0 spiro atoms. The van der Waals surface area contributed by atoms with Crippen molar-refractivity contribution >= 4 is 5.69 Å². The molecule has 0 N–H and O–H groups in total. The highest BCUT2D eigenvalue weighted by atomic mass is 16.6. The maximum absolute atomic E-state index is 10.5. The van der Waals surface area contributed by atoms with Gasteiger partial charge < -0.3 is 0 Å². The van der Waals surface area contributed by atoms with Gasteiger partial charge in [-0.05, 0) is 30.9 Å². The Morgan fingerprint density at radius 1 is 1.32 bits per heavy atom. The van der Waals surface area contributed by atoms with Gasteiger partial charge in [0.25, 0.3) is 5.69 Å². The molecule has 4 heteroatoms. The molecule has 0 radical (unpaired) electrons. The van der Waals surface area contributed by atoms with Gasteiger partial charge in [-0.25, -0.2) is 0 Å². The minimum atomic E-state index is -0.354. The molecule has 2 rings (SSSR count). The molecule has 0 amide bonds. The number of benzene rings is 1. The summed E-state index contributed by atoms with van der Waals surface area (Å²) in [4.78, 5) is 12.6. The summed E-state index contributed by atoms with van der Waals surface area (Å²) in [6.07, 6.45) is 2.57. The Kier molecular flexibility index (Phi) is 6.50. The molecule has 1 aromatic rings. The Morgan fingerprint density at radius 2 is 1.95 bits per heavy atom. The number of piperidine rings is 1. The summed E-state index contributed by atoms with van der Waals surface area (Å²) in [5.41, 5.74) is 1.32. The molecule has 1 fully saturated rings. The van der Waals surface area contributed by atoms with E-state index < -0.39 is 0 Å². The van der Waals surface area contributed by atoms with Gasteiger partial charge in [-0.15, -0.1) is 0 Å². The van der Waals surface area contributed by atoms with E-state index in [2.05, 4.69) is 11.8 Å². The van der Waals surface area contributed by atoms with E-state index in [1.54, 1.807) is 12.1 Å². The van der Waals surface area contributed by atoms with E-state index in [4.69, 9.17) is 0 Å². The minimum Gasteiger partial charge on any atom is -0.299 e. The average Bonchev–Trinajstić information content (AvgIpc) is 2.41. The highest BCUT2D eigenvalue weighted by molar-refractivity contribution is 5.32. The fourth-order valence-electron chi connectivity index (χ4n) is 2.41. The van der Waals surface area contributed by atoms with E-state index in [1.807, 2.05) is 26.0 Å². The summed E-state index contributed by atoms with van der Waals surface area (Å²) in [6.45, 7) is 9.46. The van der Waals surface area contributed by atoms with E-state index in [0.29, 0.717) is 0 Å². The summed E-state index contributed by atoms with van der Waals surface area (Å²) in [6, 6.07) is 6.89. The van der Waals surface area contributed by atoms with Crippen LogP contribution in [0.2, 0.25) is 0 Å². The van der Waals surface area contributed by atoms with E-state index in [-0.39, 0.29) is 10.6 Å². The van der Waals surface area contributed by atoms with Gasteiger partial charge in [-0.2, -0.15) is 0 Å². The highest BCUT2D eigenvalue weighted by Crippen LogP contribution is 2.19. The number of non-ortho nitro benzene ring substituents is 1. The Morgan fingerprint density at radius 3 is 2.47 bits per heavy atom. The molecule has 4 nitrogen and oxygen atoms in total. The first kappa shape index (κ1) is 15.6. The molecule has 1 heterocycles. The lowest BCUT2D eigenvalue weighted by atomic mass is 10.00. The molecular formula is C15H24N2O2. The molecule has 1 aliphatic heterocycles. The standard InChI is InChI=1S/C13H18N2O2.C2H6/c1-11-3-2-8-14(9-11)10-12-4-6-13(7-5-12)15(16)17;1-2/h4-7,11H,2-3,8-10H2,1H3;1-2H3/t11-;/m0./s1. The average molecular weight is 264 g/mol. The molecule has 1 aromatic carbocycles. The maximum atomic E-state index is 10.5. The Labute approximate surface area is 115 Å². The van der Waals surface area contributed by atoms with Gasteiger partial charge in [0.15, 0.2) is 0 Å². The third-order valence-electron chi connectivity index (χ3n) is 3.29. The summed E-state index contributed by atoms with van der Waals surface area (Å²) >= 11 is 0. The van der Waals surface area contributed by atoms with Gasteiger partial charge in [0.1, 0.15) is 0 Å². The molecule has 1 aliphatic rings. The zero-order valence-corrected chi connectivity index (χ0v) is 12.1. The van der Waals surface area contributed by atoms with Crippen LogP contribution < -0.4 is 0 Å². The fraction of sp³-hybridized carbons (Fsp3) is 0.600. The van der Waals surface area contributed by atoms with E-state index in [9.17, 15) is 10.1 Å².